The van der Waals surface area contributed by atoms with E-state index in [1.54, 1.807) is 24.8 Å². The molecule has 0 saturated carbocycles. The standard InChI is InChI=1S/C19H20F3NO4/c1-12-9-17(13(2)26-12)18(24)23-7-8-25-11-16(10-23)27-15-5-3-14(4-6-15)19(20,21)22/h3-6,9,16H,7-8,10-11H2,1-2H3/t16-/m1/s1. The van der Waals surface area contributed by atoms with Gasteiger partial charge in [-0.05, 0) is 44.2 Å². The highest BCUT2D eigenvalue weighted by Crippen LogP contribution is 2.30. The largest absolute Gasteiger partial charge is 0.486 e. The lowest BCUT2D eigenvalue weighted by Crippen LogP contribution is -2.40. The molecule has 5 nitrogen and oxygen atoms in total. The van der Waals surface area contributed by atoms with E-state index in [1.807, 2.05) is 0 Å². The molecule has 1 amide bonds. The van der Waals surface area contributed by atoms with Crippen LogP contribution in [0.4, 0.5) is 13.2 Å². The third-order valence-corrected chi connectivity index (χ3v) is 4.28. The zero-order valence-electron chi connectivity index (χ0n) is 15.0. The number of furan rings is 1. The molecule has 1 aromatic heterocycles. The second-order valence-corrected chi connectivity index (χ2v) is 6.41. The highest BCUT2D eigenvalue weighted by Gasteiger charge is 2.30. The third kappa shape index (κ3) is 4.63. The summed E-state index contributed by atoms with van der Waals surface area (Å²) in [6.07, 6.45) is -4.88. The minimum atomic E-state index is -4.40. The molecule has 0 radical (unpaired) electrons. The van der Waals surface area contributed by atoms with Crippen LogP contribution in [0.1, 0.15) is 27.4 Å². The Bertz CT molecular complexity index is 798. The lowest BCUT2D eigenvalue weighted by atomic mass is 10.2. The fourth-order valence-electron chi connectivity index (χ4n) is 2.96. The summed E-state index contributed by atoms with van der Waals surface area (Å²) in [4.78, 5) is 14.4. The van der Waals surface area contributed by atoms with Crippen LogP contribution in [0.5, 0.6) is 5.75 Å². The Morgan fingerprint density at radius 2 is 1.93 bits per heavy atom. The first-order valence-electron chi connectivity index (χ1n) is 8.52. The number of hydrogen-bond acceptors (Lipinski definition) is 4. The van der Waals surface area contributed by atoms with Gasteiger partial charge in [0, 0.05) is 6.54 Å². The zero-order valence-corrected chi connectivity index (χ0v) is 15.0. The van der Waals surface area contributed by atoms with E-state index in [9.17, 15) is 18.0 Å². The van der Waals surface area contributed by atoms with E-state index < -0.39 is 17.8 Å². The Morgan fingerprint density at radius 3 is 2.52 bits per heavy atom. The van der Waals surface area contributed by atoms with Crippen LogP contribution in [0.3, 0.4) is 0 Å². The maximum Gasteiger partial charge on any atom is 0.416 e. The quantitative estimate of drug-likeness (QED) is 0.808. The van der Waals surface area contributed by atoms with Crippen molar-refractivity contribution in [3.8, 4) is 5.75 Å². The van der Waals surface area contributed by atoms with Crippen molar-refractivity contribution in [3.05, 3.63) is 53.0 Å². The SMILES string of the molecule is Cc1cc(C(=O)N2CCOC[C@H](Oc3ccc(C(F)(F)F)cc3)C2)c(C)o1. The zero-order chi connectivity index (χ0) is 19.6. The lowest BCUT2D eigenvalue weighted by molar-refractivity contribution is -0.137. The summed E-state index contributed by atoms with van der Waals surface area (Å²) in [5, 5.41) is 0. The number of rotatable bonds is 3. The molecule has 3 rings (SSSR count). The van der Waals surface area contributed by atoms with E-state index in [-0.39, 0.29) is 19.1 Å². The van der Waals surface area contributed by atoms with Gasteiger partial charge in [-0.15, -0.1) is 0 Å². The summed E-state index contributed by atoms with van der Waals surface area (Å²) >= 11 is 0. The van der Waals surface area contributed by atoms with Crippen molar-refractivity contribution < 1.29 is 31.9 Å². The van der Waals surface area contributed by atoms with Gasteiger partial charge in [-0.2, -0.15) is 13.2 Å². The van der Waals surface area contributed by atoms with E-state index in [0.29, 0.717) is 36.0 Å². The van der Waals surface area contributed by atoms with Crippen LogP contribution in [0, 0.1) is 13.8 Å². The van der Waals surface area contributed by atoms with E-state index >= 15 is 0 Å². The average Bonchev–Trinajstić information content (AvgIpc) is 2.80. The molecule has 1 atom stereocenters. The maximum atomic E-state index is 12.8. The van der Waals surface area contributed by atoms with Crippen LogP contribution < -0.4 is 4.74 Å². The molecule has 1 aromatic carbocycles. The van der Waals surface area contributed by atoms with Crippen LogP contribution >= 0.6 is 0 Å². The van der Waals surface area contributed by atoms with E-state index in [4.69, 9.17) is 13.9 Å². The van der Waals surface area contributed by atoms with Crippen molar-refractivity contribution in [1.29, 1.82) is 0 Å². The summed E-state index contributed by atoms with van der Waals surface area (Å²) in [6, 6.07) is 6.16. The minimum absolute atomic E-state index is 0.184. The van der Waals surface area contributed by atoms with Crippen molar-refractivity contribution >= 4 is 5.91 Å². The van der Waals surface area contributed by atoms with Gasteiger partial charge in [0.1, 0.15) is 23.4 Å². The molecule has 0 bridgehead atoms. The summed E-state index contributed by atoms with van der Waals surface area (Å²) in [7, 11) is 0. The topological polar surface area (TPSA) is 51.9 Å². The van der Waals surface area contributed by atoms with Gasteiger partial charge in [0.25, 0.3) is 5.91 Å². The summed E-state index contributed by atoms with van der Waals surface area (Å²) in [5.74, 6) is 1.31. The Hall–Kier alpha value is -2.48. The molecule has 2 heterocycles. The van der Waals surface area contributed by atoms with Gasteiger partial charge in [0.15, 0.2) is 0 Å². The number of ether oxygens (including phenoxy) is 2. The molecule has 1 aliphatic heterocycles. The number of alkyl halides is 3. The molecule has 1 saturated heterocycles. The first-order valence-corrected chi connectivity index (χ1v) is 8.52. The fourth-order valence-corrected chi connectivity index (χ4v) is 2.96. The van der Waals surface area contributed by atoms with Crippen molar-refractivity contribution in [2.24, 2.45) is 0 Å². The molecule has 8 heteroatoms. The number of hydrogen-bond donors (Lipinski definition) is 0. The molecular weight excluding hydrogens is 363 g/mol. The number of amides is 1. The van der Waals surface area contributed by atoms with Crippen LogP contribution in [0.15, 0.2) is 34.7 Å². The van der Waals surface area contributed by atoms with Crippen LogP contribution in [-0.2, 0) is 10.9 Å². The maximum absolute atomic E-state index is 12.8. The summed E-state index contributed by atoms with van der Waals surface area (Å²) < 4.78 is 54.6. The highest BCUT2D eigenvalue weighted by atomic mass is 19.4. The van der Waals surface area contributed by atoms with Gasteiger partial charge < -0.3 is 18.8 Å². The van der Waals surface area contributed by atoms with Crippen molar-refractivity contribution in [2.45, 2.75) is 26.1 Å². The van der Waals surface area contributed by atoms with Gasteiger partial charge in [-0.1, -0.05) is 0 Å². The molecule has 2 aromatic rings. The monoisotopic (exact) mass is 383 g/mol. The molecule has 0 spiro atoms. The Kier molecular flexibility index (Phi) is 5.46. The van der Waals surface area contributed by atoms with E-state index in [2.05, 4.69) is 0 Å². The molecular formula is C19H20F3NO4. The molecule has 1 fully saturated rings. The van der Waals surface area contributed by atoms with Gasteiger partial charge in [0.2, 0.25) is 0 Å². The van der Waals surface area contributed by atoms with Gasteiger partial charge in [0.05, 0.1) is 30.9 Å². The smallest absolute Gasteiger partial charge is 0.416 e. The molecule has 0 aliphatic carbocycles. The van der Waals surface area contributed by atoms with Crippen LogP contribution in [-0.4, -0.2) is 43.2 Å². The third-order valence-electron chi connectivity index (χ3n) is 4.28. The van der Waals surface area contributed by atoms with Crippen molar-refractivity contribution in [1.82, 2.24) is 4.90 Å². The molecule has 146 valence electrons. The van der Waals surface area contributed by atoms with Crippen LogP contribution in [0.2, 0.25) is 0 Å². The number of carbonyl (C=O) groups excluding carboxylic acids is 1. The van der Waals surface area contributed by atoms with E-state index in [1.165, 1.54) is 12.1 Å². The lowest BCUT2D eigenvalue weighted by Gasteiger charge is -2.24. The Balaban J connectivity index is 1.69. The van der Waals surface area contributed by atoms with Crippen molar-refractivity contribution in [2.75, 3.05) is 26.3 Å². The molecule has 1 aliphatic rings. The van der Waals surface area contributed by atoms with Gasteiger partial charge in [-0.25, -0.2) is 0 Å². The fraction of sp³-hybridized carbons (Fsp3) is 0.421. The normalized spacial score (nSPS) is 18.3. The predicted octanol–water partition coefficient (Wildman–Crippen LogP) is 3.84. The van der Waals surface area contributed by atoms with E-state index in [0.717, 1.165) is 12.1 Å². The Morgan fingerprint density at radius 1 is 1.22 bits per heavy atom. The molecule has 27 heavy (non-hydrogen) atoms. The predicted molar refractivity (Wildman–Crippen MR) is 90.8 cm³/mol. The number of aryl methyl sites for hydroxylation is 2. The summed E-state index contributed by atoms with van der Waals surface area (Å²) in [5.41, 5.74) is -0.253. The first-order chi connectivity index (χ1) is 12.7. The Labute approximate surface area is 154 Å². The molecule has 0 unspecified atom stereocenters. The summed E-state index contributed by atoms with van der Waals surface area (Å²) in [6.45, 7) is 4.76. The molecule has 0 N–H and O–H groups in total. The second kappa shape index (κ2) is 7.64. The average molecular weight is 383 g/mol. The number of carbonyl (C=O) groups is 1. The van der Waals surface area contributed by atoms with Crippen LogP contribution in [0.25, 0.3) is 0 Å². The van der Waals surface area contributed by atoms with Crippen molar-refractivity contribution in [3.63, 3.8) is 0 Å². The second-order valence-electron chi connectivity index (χ2n) is 6.41. The minimum Gasteiger partial charge on any atom is -0.486 e. The van der Waals surface area contributed by atoms with Gasteiger partial charge in [-0.3, -0.25) is 4.79 Å². The number of benzene rings is 1. The first kappa shape index (κ1) is 19.3. The number of halogens is 3. The number of nitrogens with zero attached hydrogens (tertiary/aromatic N) is 1. The highest BCUT2D eigenvalue weighted by molar-refractivity contribution is 5.95. The van der Waals surface area contributed by atoms with Gasteiger partial charge >= 0.3 is 6.18 Å².